The lowest BCUT2D eigenvalue weighted by Gasteiger charge is -2.14. The minimum Gasteiger partial charge on any atom is -0.496 e. The smallest absolute Gasteiger partial charge is 0.259 e. The van der Waals surface area contributed by atoms with Crippen molar-refractivity contribution < 1.29 is 9.53 Å². The van der Waals surface area contributed by atoms with E-state index in [4.69, 9.17) is 9.72 Å². The first-order chi connectivity index (χ1) is 13.6. The van der Waals surface area contributed by atoms with Crippen molar-refractivity contribution in [3.8, 4) is 16.3 Å². The van der Waals surface area contributed by atoms with E-state index in [2.05, 4.69) is 21.2 Å². The van der Waals surface area contributed by atoms with Crippen molar-refractivity contribution in [2.45, 2.75) is 6.92 Å². The van der Waals surface area contributed by atoms with Crippen molar-refractivity contribution in [1.82, 2.24) is 4.98 Å². The van der Waals surface area contributed by atoms with Crippen LogP contribution in [-0.4, -0.2) is 18.0 Å². The van der Waals surface area contributed by atoms with Crippen molar-refractivity contribution in [2.24, 2.45) is 0 Å². The molecule has 0 fully saturated rings. The number of anilines is 1. The molecule has 4 nitrogen and oxygen atoms in total. The molecule has 4 rings (SSSR count). The summed E-state index contributed by atoms with van der Waals surface area (Å²) in [7, 11) is 1.57. The Morgan fingerprint density at radius 1 is 1.11 bits per heavy atom. The Labute approximate surface area is 175 Å². The number of hydrogen-bond donors (Lipinski definition) is 1. The number of fused-ring (bicyclic) bond motifs is 1. The fourth-order valence-corrected chi connectivity index (χ4v) is 4.70. The number of nitrogens with zero attached hydrogens (tertiary/aromatic N) is 1. The van der Waals surface area contributed by atoms with E-state index >= 15 is 0 Å². The van der Waals surface area contributed by atoms with Crippen molar-refractivity contribution in [3.63, 3.8) is 0 Å². The van der Waals surface area contributed by atoms with Crippen LogP contribution < -0.4 is 10.1 Å². The summed E-state index contributed by atoms with van der Waals surface area (Å²) in [6, 6.07) is 19.4. The summed E-state index contributed by atoms with van der Waals surface area (Å²) in [5, 5.41) is 3.90. The molecule has 1 aromatic heterocycles. The first-order valence-electron chi connectivity index (χ1n) is 8.67. The zero-order chi connectivity index (χ0) is 19.7. The highest BCUT2D eigenvalue weighted by molar-refractivity contribution is 9.10. The molecule has 1 amide bonds. The molecule has 3 aromatic carbocycles. The van der Waals surface area contributed by atoms with Gasteiger partial charge in [-0.25, -0.2) is 4.98 Å². The Morgan fingerprint density at radius 3 is 2.64 bits per heavy atom. The van der Waals surface area contributed by atoms with E-state index in [1.165, 1.54) is 0 Å². The number of aromatic nitrogens is 1. The number of carbonyl (C=O) groups is 1. The van der Waals surface area contributed by atoms with Gasteiger partial charge in [-0.2, -0.15) is 0 Å². The molecule has 0 aliphatic rings. The number of halogens is 1. The number of methoxy groups -OCH3 is 1. The molecule has 0 saturated heterocycles. The van der Waals surface area contributed by atoms with Crippen LogP contribution in [0.1, 0.15) is 15.9 Å². The number of aryl methyl sites for hydroxylation is 1. The summed E-state index contributed by atoms with van der Waals surface area (Å²) < 4.78 is 7.40. The van der Waals surface area contributed by atoms with Gasteiger partial charge in [0.1, 0.15) is 10.8 Å². The predicted molar refractivity (Wildman–Crippen MR) is 118 cm³/mol. The van der Waals surface area contributed by atoms with Gasteiger partial charge in [0.2, 0.25) is 0 Å². The Kier molecular flexibility index (Phi) is 5.15. The molecule has 6 heteroatoms. The van der Waals surface area contributed by atoms with Crippen LogP contribution in [0.4, 0.5) is 5.69 Å². The molecule has 0 aliphatic heterocycles. The number of benzene rings is 3. The molecule has 0 bridgehead atoms. The maximum absolute atomic E-state index is 13.0. The quantitative estimate of drug-likeness (QED) is 0.395. The number of carbonyl (C=O) groups excluding carboxylic acids is 1. The number of para-hydroxylation sites is 2. The predicted octanol–water partition coefficient (Wildman–Crippen LogP) is 6.30. The molecule has 1 heterocycles. The summed E-state index contributed by atoms with van der Waals surface area (Å²) in [5.41, 5.74) is 3.93. The van der Waals surface area contributed by atoms with Crippen LogP contribution in [0.5, 0.6) is 5.75 Å². The molecule has 140 valence electrons. The molecule has 0 radical (unpaired) electrons. The number of ether oxygens (including phenoxy) is 1. The average Bonchev–Trinajstić information content (AvgIpc) is 3.12. The van der Waals surface area contributed by atoms with Crippen LogP contribution in [0.25, 0.3) is 20.8 Å². The molecule has 4 aromatic rings. The second kappa shape index (κ2) is 7.73. The SMILES string of the molecule is COc1c(C)cc(Br)cc1C(=O)Nc1ccccc1-c1nc2ccccc2s1. The number of nitrogens with one attached hydrogen (secondary N) is 1. The van der Waals surface area contributed by atoms with Crippen LogP contribution in [0.3, 0.4) is 0 Å². The van der Waals surface area contributed by atoms with Gasteiger partial charge in [0.15, 0.2) is 0 Å². The summed E-state index contributed by atoms with van der Waals surface area (Å²) >= 11 is 5.06. The van der Waals surface area contributed by atoms with Gasteiger partial charge in [0.05, 0.1) is 28.6 Å². The Balaban J connectivity index is 1.73. The Bertz CT molecular complexity index is 1150. The van der Waals surface area contributed by atoms with Crippen LogP contribution in [0.2, 0.25) is 0 Å². The molecule has 28 heavy (non-hydrogen) atoms. The van der Waals surface area contributed by atoms with E-state index < -0.39 is 0 Å². The first-order valence-corrected chi connectivity index (χ1v) is 10.3. The van der Waals surface area contributed by atoms with Gasteiger partial charge in [-0.3, -0.25) is 4.79 Å². The van der Waals surface area contributed by atoms with Crippen LogP contribution in [-0.2, 0) is 0 Å². The maximum Gasteiger partial charge on any atom is 0.259 e. The Morgan fingerprint density at radius 2 is 1.86 bits per heavy atom. The zero-order valence-electron chi connectivity index (χ0n) is 15.3. The standard InChI is InChI=1S/C22H17BrN2O2S/c1-13-11-14(23)12-16(20(13)27-2)21(26)24-17-8-4-3-7-15(17)22-25-18-9-5-6-10-19(18)28-22/h3-12H,1-2H3,(H,24,26). The third kappa shape index (κ3) is 3.53. The largest absolute Gasteiger partial charge is 0.496 e. The minimum absolute atomic E-state index is 0.227. The number of rotatable bonds is 4. The zero-order valence-corrected chi connectivity index (χ0v) is 17.7. The van der Waals surface area contributed by atoms with Crippen molar-refractivity contribution in [2.75, 3.05) is 12.4 Å². The van der Waals surface area contributed by atoms with E-state index in [1.54, 1.807) is 24.5 Å². The molecule has 0 spiro atoms. The first kappa shape index (κ1) is 18.7. The van der Waals surface area contributed by atoms with E-state index in [1.807, 2.05) is 61.5 Å². The fraction of sp³-hybridized carbons (Fsp3) is 0.0909. The Hall–Kier alpha value is -2.70. The lowest BCUT2D eigenvalue weighted by atomic mass is 10.1. The highest BCUT2D eigenvalue weighted by Crippen LogP contribution is 2.35. The topological polar surface area (TPSA) is 51.2 Å². The van der Waals surface area contributed by atoms with Gasteiger partial charge in [0.25, 0.3) is 5.91 Å². The second-order valence-corrected chi connectivity index (χ2v) is 8.24. The van der Waals surface area contributed by atoms with Gasteiger partial charge in [-0.15, -0.1) is 11.3 Å². The van der Waals surface area contributed by atoms with Crippen LogP contribution in [0, 0.1) is 6.92 Å². The van der Waals surface area contributed by atoms with Gasteiger partial charge < -0.3 is 10.1 Å². The number of thiazole rings is 1. The molecule has 0 unspecified atom stereocenters. The summed E-state index contributed by atoms with van der Waals surface area (Å²) in [4.78, 5) is 17.7. The highest BCUT2D eigenvalue weighted by Gasteiger charge is 2.18. The maximum atomic E-state index is 13.0. The second-order valence-electron chi connectivity index (χ2n) is 6.29. The van der Waals surface area contributed by atoms with Gasteiger partial charge in [-0.05, 0) is 48.9 Å². The van der Waals surface area contributed by atoms with E-state index in [0.717, 1.165) is 30.8 Å². The lowest BCUT2D eigenvalue weighted by molar-refractivity contribution is 0.102. The fourth-order valence-electron chi connectivity index (χ4n) is 3.13. The van der Waals surface area contributed by atoms with Gasteiger partial charge >= 0.3 is 0 Å². The van der Waals surface area contributed by atoms with E-state index in [-0.39, 0.29) is 5.91 Å². The molecular weight excluding hydrogens is 436 g/mol. The molecule has 0 atom stereocenters. The normalized spacial score (nSPS) is 10.8. The summed E-state index contributed by atoms with van der Waals surface area (Å²) in [6.45, 7) is 1.91. The third-order valence-electron chi connectivity index (χ3n) is 4.39. The lowest BCUT2D eigenvalue weighted by Crippen LogP contribution is -2.14. The molecule has 0 saturated carbocycles. The summed E-state index contributed by atoms with van der Waals surface area (Å²) in [6.07, 6.45) is 0. The minimum atomic E-state index is -0.227. The summed E-state index contributed by atoms with van der Waals surface area (Å²) in [5.74, 6) is 0.341. The van der Waals surface area contributed by atoms with Crippen molar-refractivity contribution in [1.29, 1.82) is 0 Å². The third-order valence-corrected chi connectivity index (χ3v) is 5.92. The van der Waals surface area contributed by atoms with Crippen LogP contribution >= 0.6 is 27.3 Å². The van der Waals surface area contributed by atoms with E-state index in [9.17, 15) is 4.79 Å². The van der Waals surface area contributed by atoms with Crippen molar-refractivity contribution >= 4 is 49.1 Å². The molecule has 0 aliphatic carbocycles. The van der Waals surface area contributed by atoms with Crippen molar-refractivity contribution in [3.05, 3.63) is 76.3 Å². The highest BCUT2D eigenvalue weighted by atomic mass is 79.9. The van der Waals surface area contributed by atoms with Gasteiger partial charge in [0, 0.05) is 10.0 Å². The molecule has 1 N–H and O–H groups in total. The number of hydrogen-bond acceptors (Lipinski definition) is 4. The average molecular weight is 453 g/mol. The van der Waals surface area contributed by atoms with Gasteiger partial charge in [-0.1, -0.05) is 40.2 Å². The van der Waals surface area contributed by atoms with Crippen LogP contribution in [0.15, 0.2) is 65.1 Å². The molecular formula is C22H17BrN2O2S. The monoisotopic (exact) mass is 452 g/mol. The van der Waals surface area contributed by atoms with E-state index in [0.29, 0.717) is 17.0 Å². The number of amides is 1.